The molecule has 0 atom stereocenters. The smallest absolute Gasteiger partial charge is 0.144 e. The van der Waals surface area contributed by atoms with E-state index in [0.717, 1.165) is 0 Å². The summed E-state index contributed by atoms with van der Waals surface area (Å²) in [5.74, 6) is -0.131. The highest BCUT2D eigenvalue weighted by Crippen LogP contribution is 2.30. The van der Waals surface area contributed by atoms with Crippen molar-refractivity contribution in [2.45, 2.75) is 0 Å². The molecule has 0 radical (unpaired) electrons. The Bertz CT molecular complexity index is 340. The number of aromatic hydroxyl groups is 1. The highest BCUT2D eigenvalue weighted by molar-refractivity contribution is 7.80. The number of rotatable bonds is 1. The lowest BCUT2D eigenvalue weighted by Crippen LogP contribution is -2.09. The topological polar surface area (TPSA) is 46.2 Å². The van der Waals surface area contributed by atoms with Crippen molar-refractivity contribution in [1.82, 2.24) is 0 Å². The average molecular weight is 222 g/mol. The standard InChI is InChI=1S/C7H5Cl2NOS/c8-3-1-4(7(10)12)6(11)5(9)2-3/h1-2,11H,(H2,10,12). The molecule has 0 spiro atoms. The first-order chi connectivity index (χ1) is 5.52. The molecule has 1 aromatic carbocycles. The van der Waals surface area contributed by atoms with Crippen molar-refractivity contribution in [3.05, 3.63) is 27.7 Å². The van der Waals surface area contributed by atoms with Crippen LogP contribution in [0.1, 0.15) is 5.56 Å². The predicted molar refractivity (Wildman–Crippen MR) is 54.0 cm³/mol. The first kappa shape index (κ1) is 9.58. The zero-order chi connectivity index (χ0) is 9.30. The molecule has 0 heterocycles. The molecular formula is C7H5Cl2NOS. The van der Waals surface area contributed by atoms with Crippen LogP contribution in [0.3, 0.4) is 0 Å². The second-order valence-electron chi connectivity index (χ2n) is 2.15. The number of phenols is 1. The van der Waals surface area contributed by atoms with E-state index in [1.165, 1.54) is 12.1 Å². The Labute approximate surface area is 84.9 Å². The van der Waals surface area contributed by atoms with Gasteiger partial charge in [-0.3, -0.25) is 0 Å². The third-order valence-corrected chi connectivity index (χ3v) is 2.02. The molecule has 0 aliphatic carbocycles. The summed E-state index contributed by atoms with van der Waals surface area (Å²) in [5, 5.41) is 9.87. The molecular weight excluding hydrogens is 217 g/mol. The first-order valence-electron chi connectivity index (χ1n) is 3.00. The van der Waals surface area contributed by atoms with Gasteiger partial charge in [0.1, 0.15) is 10.7 Å². The minimum atomic E-state index is -0.131. The number of hydrogen-bond acceptors (Lipinski definition) is 2. The molecule has 12 heavy (non-hydrogen) atoms. The largest absolute Gasteiger partial charge is 0.506 e. The third-order valence-electron chi connectivity index (χ3n) is 1.29. The summed E-state index contributed by atoms with van der Waals surface area (Å²) in [5.41, 5.74) is 5.60. The minimum Gasteiger partial charge on any atom is -0.506 e. The van der Waals surface area contributed by atoms with Crippen LogP contribution in [0, 0.1) is 0 Å². The van der Waals surface area contributed by atoms with Crippen LogP contribution in [-0.2, 0) is 0 Å². The van der Waals surface area contributed by atoms with E-state index in [9.17, 15) is 5.11 Å². The summed E-state index contributed by atoms with van der Waals surface area (Å²) < 4.78 is 0. The summed E-state index contributed by atoms with van der Waals surface area (Å²) in [7, 11) is 0. The van der Waals surface area contributed by atoms with Crippen molar-refractivity contribution in [3.63, 3.8) is 0 Å². The van der Waals surface area contributed by atoms with E-state index in [1.54, 1.807) is 0 Å². The maximum Gasteiger partial charge on any atom is 0.144 e. The highest BCUT2D eigenvalue weighted by Gasteiger charge is 2.09. The summed E-state index contributed by atoms with van der Waals surface area (Å²) in [6.07, 6.45) is 0. The summed E-state index contributed by atoms with van der Waals surface area (Å²) in [4.78, 5) is 0.0666. The Balaban J connectivity index is 3.37. The van der Waals surface area contributed by atoms with Gasteiger partial charge in [-0.25, -0.2) is 0 Å². The van der Waals surface area contributed by atoms with E-state index in [1.807, 2.05) is 0 Å². The molecule has 0 amide bonds. The van der Waals surface area contributed by atoms with Gasteiger partial charge in [-0.2, -0.15) is 0 Å². The number of nitrogens with two attached hydrogens (primary N) is 1. The van der Waals surface area contributed by atoms with Gasteiger partial charge in [-0.1, -0.05) is 35.4 Å². The maximum atomic E-state index is 9.33. The SMILES string of the molecule is NC(=S)c1cc(Cl)cc(Cl)c1O. The van der Waals surface area contributed by atoms with Crippen LogP contribution in [0.2, 0.25) is 10.0 Å². The number of phenolic OH excluding ortho intramolecular Hbond substituents is 1. The Morgan fingerprint density at radius 3 is 2.50 bits per heavy atom. The van der Waals surface area contributed by atoms with Gasteiger partial charge in [0.25, 0.3) is 0 Å². The Kier molecular flexibility index (Phi) is 2.77. The lowest BCUT2D eigenvalue weighted by molar-refractivity contribution is 0.474. The van der Waals surface area contributed by atoms with E-state index in [2.05, 4.69) is 12.2 Å². The molecule has 5 heteroatoms. The number of benzene rings is 1. The Morgan fingerprint density at radius 2 is 2.00 bits per heavy atom. The van der Waals surface area contributed by atoms with Gasteiger partial charge in [0.15, 0.2) is 0 Å². The Morgan fingerprint density at radius 1 is 1.42 bits per heavy atom. The van der Waals surface area contributed by atoms with Crippen molar-refractivity contribution >= 4 is 40.4 Å². The average Bonchev–Trinajstić information content (AvgIpc) is 1.96. The van der Waals surface area contributed by atoms with Crippen molar-refractivity contribution < 1.29 is 5.11 Å². The number of thiocarbonyl (C=S) groups is 1. The van der Waals surface area contributed by atoms with E-state index >= 15 is 0 Å². The van der Waals surface area contributed by atoms with Gasteiger partial charge in [-0.15, -0.1) is 0 Å². The number of halogens is 2. The highest BCUT2D eigenvalue weighted by atomic mass is 35.5. The van der Waals surface area contributed by atoms with Crippen LogP contribution >= 0.6 is 35.4 Å². The molecule has 1 aromatic rings. The molecule has 0 fully saturated rings. The molecule has 64 valence electrons. The quantitative estimate of drug-likeness (QED) is 0.717. The third kappa shape index (κ3) is 1.80. The minimum absolute atomic E-state index is 0.0666. The zero-order valence-corrected chi connectivity index (χ0v) is 8.17. The second-order valence-corrected chi connectivity index (χ2v) is 3.43. The van der Waals surface area contributed by atoms with Crippen molar-refractivity contribution in [2.24, 2.45) is 5.73 Å². The molecule has 3 N–H and O–H groups in total. The van der Waals surface area contributed by atoms with Gasteiger partial charge in [-0.05, 0) is 12.1 Å². The predicted octanol–water partition coefficient (Wildman–Crippen LogP) is 2.33. The van der Waals surface area contributed by atoms with E-state index < -0.39 is 0 Å². The second kappa shape index (κ2) is 3.47. The van der Waals surface area contributed by atoms with Crippen LogP contribution in [0.4, 0.5) is 0 Å². The fourth-order valence-corrected chi connectivity index (χ4v) is 1.40. The first-order valence-corrected chi connectivity index (χ1v) is 4.16. The molecule has 0 saturated heterocycles. The van der Waals surface area contributed by atoms with Crippen molar-refractivity contribution in [2.75, 3.05) is 0 Å². The molecule has 0 aliphatic rings. The van der Waals surface area contributed by atoms with Crippen LogP contribution in [0.15, 0.2) is 12.1 Å². The lowest BCUT2D eigenvalue weighted by Gasteiger charge is -2.04. The summed E-state index contributed by atoms with van der Waals surface area (Å²) in [6, 6.07) is 2.88. The van der Waals surface area contributed by atoms with E-state index in [0.29, 0.717) is 10.6 Å². The monoisotopic (exact) mass is 221 g/mol. The van der Waals surface area contributed by atoms with Crippen LogP contribution in [0.25, 0.3) is 0 Å². The van der Waals surface area contributed by atoms with E-state index in [4.69, 9.17) is 28.9 Å². The number of hydrogen-bond donors (Lipinski definition) is 2. The molecule has 0 saturated carbocycles. The van der Waals surface area contributed by atoms with Crippen molar-refractivity contribution in [3.8, 4) is 5.75 Å². The van der Waals surface area contributed by atoms with Gasteiger partial charge >= 0.3 is 0 Å². The van der Waals surface area contributed by atoms with Gasteiger partial charge in [0.2, 0.25) is 0 Å². The van der Waals surface area contributed by atoms with Crippen molar-refractivity contribution in [1.29, 1.82) is 0 Å². The van der Waals surface area contributed by atoms with Crippen LogP contribution < -0.4 is 5.73 Å². The zero-order valence-electron chi connectivity index (χ0n) is 5.84. The van der Waals surface area contributed by atoms with Crippen LogP contribution in [0.5, 0.6) is 5.75 Å². The lowest BCUT2D eigenvalue weighted by atomic mass is 10.2. The summed E-state index contributed by atoms with van der Waals surface area (Å²) in [6.45, 7) is 0. The molecule has 2 nitrogen and oxygen atoms in total. The van der Waals surface area contributed by atoms with Crippen LogP contribution in [-0.4, -0.2) is 10.1 Å². The van der Waals surface area contributed by atoms with Gasteiger partial charge in [0.05, 0.1) is 10.6 Å². The molecule has 0 bridgehead atoms. The normalized spacial score (nSPS) is 9.83. The maximum absolute atomic E-state index is 9.33. The molecule has 0 unspecified atom stereocenters. The van der Waals surface area contributed by atoms with Gasteiger partial charge in [0, 0.05) is 5.02 Å². The molecule has 0 aromatic heterocycles. The molecule has 1 rings (SSSR count). The molecule has 0 aliphatic heterocycles. The Hall–Kier alpha value is -0.510. The fraction of sp³-hybridized carbons (Fsp3) is 0. The van der Waals surface area contributed by atoms with E-state index in [-0.39, 0.29) is 15.8 Å². The fourth-order valence-electron chi connectivity index (χ4n) is 0.754. The summed E-state index contributed by atoms with van der Waals surface area (Å²) >= 11 is 15.9. The van der Waals surface area contributed by atoms with Gasteiger partial charge < -0.3 is 10.8 Å².